The number of rotatable bonds is 4. The Balaban J connectivity index is 1.31. The molecule has 164 valence electrons. The number of ether oxygens (including phenoxy) is 2. The minimum absolute atomic E-state index is 0.0159. The minimum Gasteiger partial charge on any atom is -0.497 e. The Hall–Kier alpha value is -3.22. The Morgan fingerprint density at radius 2 is 1.90 bits per heavy atom. The molecule has 2 heterocycles. The van der Waals surface area contributed by atoms with Crippen molar-refractivity contribution in [3.63, 3.8) is 0 Å². The molecule has 2 aromatic carbocycles. The highest BCUT2D eigenvalue weighted by molar-refractivity contribution is 5.94. The van der Waals surface area contributed by atoms with E-state index >= 15 is 0 Å². The Bertz CT molecular complexity index is 940. The Kier molecular flexibility index (Phi) is 6.30. The lowest BCUT2D eigenvalue weighted by Gasteiger charge is -2.39. The van der Waals surface area contributed by atoms with Crippen LogP contribution in [-0.4, -0.2) is 49.7 Å². The molecule has 4 rings (SSSR count). The van der Waals surface area contributed by atoms with Gasteiger partial charge in [0.15, 0.2) is 0 Å². The topological polar surface area (TPSA) is 71.1 Å². The number of nitrogens with one attached hydrogen (secondary N) is 1. The molecule has 0 bridgehead atoms. The number of carbonyl (C=O) groups excluding carboxylic acids is 2. The van der Waals surface area contributed by atoms with Crippen LogP contribution in [0.3, 0.4) is 0 Å². The van der Waals surface area contributed by atoms with Crippen LogP contribution in [0.25, 0.3) is 0 Å². The van der Waals surface area contributed by atoms with Crippen LogP contribution in [0.2, 0.25) is 0 Å². The van der Waals surface area contributed by atoms with Crippen LogP contribution >= 0.6 is 0 Å². The van der Waals surface area contributed by atoms with Gasteiger partial charge >= 0.3 is 6.03 Å². The largest absolute Gasteiger partial charge is 0.497 e. The van der Waals surface area contributed by atoms with Crippen molar-refractivity contribution in [2.45, 2.75) is 32.4 Å². The van der Waals surface area contributed by atoms with Crippen molar-refractivity contribution in [2.75, 3.05) is 31.6 Å². The maximum Gasteiger partial charge on any atom is 0.324 e. The summed E-state index contributed by atoms with van der Waals surface area (Å²) in [6, 6.07) is 15.3. The summed E-state index contributed by atoms with van der Waals surface area (Å²) in [6.07, 6.45) is 1.27. The van der Waals surface area contributed by atoms with E-state index in [0.717, 1.165) is 22.7 Å². The minimum atomic E-state index is -0.0782. The number of methoxy groups -OCH3 is 1. The van der Waals surface area contributed by atoms with E-state index in [1.165, 1.54) is 0 Å². The maximum absolute atomic E-state index is 13.2. The van der Waals surface area contributed by atoms with Crippen molar-refractivity contribution in [3.05, 3.63) is 54.1 Å². The van der Waals surface area contributed by atoms with E-state index in [1.807, 2.05) is 60.4 Å². The van der Waals surface area contributed by atoms with E-state index < -0.39 is 0 Å². The highest BCUT2D eigenvalue weighted by Gasteiger charge is 2.33. The third-order valence-corrected chi connectivity index (χ3v) is 5.89. The molecule has 0 spiro atoms. The van der Waals surface area contributed by atoms with E-state index in [4.69, 9.17) is 9.47 Å². The average molecular weight is 424 g/mol. The van der Waals surface area contributed by atoms with Gasteiger partial charge in [-0.1, -0.05) is 24.3 Å². The fourth-order valence-electron chi connectivity index (χ4n) is 4.19. The standard InChI is InChI=1S/C24H29N3O4/c1-17-16-27(21-8-3-4-9-22(21)31-17)24(29)26-12-10-19(11-13-26)23(28)25-15-18-6-5-7-20(14-18)30-2/h3-9,14,17,19H,10-13,15-16H2,1-2H3,(H,25,28)/t17-/m1/s1. The van der Waals surface area contributed by atoms with Crippen molar-refractivity contribution in [1.82, 2.24) is 10.2 Å². The Morgan fingerprint density at radius 1 is 1.13 bits per heavy atom. The zero-order chi connectivity index (χ0) is 21.8. The SMILES string of the molecule is COc1cccc(CNC(=O)C2CCN(C(=O)N3C[C@@H](C)Oc4ccccc43)CC2)c1. The summed E-state index contributed by atoms with van der Waals surface area (Å²) in [6.45, 7) is 4.11. The first-order valence-corrected chi connectivity index (χ1v) is 10.8. The number of amides is 3. The second-order valence-electron chi connectivity index (χ2n) is 8.12. The third kappa shape index (κ3) is 4.76. The van der Waals surface area contributed by atoms with Gasteiger partial charge in [-0.25, -0.2) is 4.79 Å². The number of nitrogens with zero attached hydrogens (tertiary/aromatic N) is 2. The Morgan fingerprint density at radius 3 is 2.68 bits per heavy atom. The molecule has 0 radical (unpaired) electrons. The van der Waals surface area contributed by atoms with Crippen LogP contribution in [-0.2, 0) is 11.3 Å². The fraction of sp³-hybridized carbons (Fsp3) is 0.417. The second-order valence-corrected chi connectivity index (χ2v) is 8.12. The van der Waals surface area contributed by atoms with Crippen LogP contribution in [0.1, 0.15) is 25.3 Å². The van der Waals surface area contributed by atoms with Crippen molar-refractivity contribution in [2.24, 2.45) is 5.92 Å². The van der Waals surface area contributed by atoms with Crippen molar-refractivity contribution >= 4 is 17.6 Å². The van der Waals surface area contributed by atoms with Gasteiger partial charge in [0, 0.05) is 25.6 Å². The molecule has 1 fully saturated rings. The first-order chi connectivity index (χ1) is 15.0. The summed E-state index contributed by atoms with van der Waals surface area (Å²) in [5.41, 5.74) is 1.81. The first-order valence-electron chi connectivity index (χ1n) is 10.8. The average Bonchev–Trinajstić information content (AvgIpc) is 2.81. The molecule has 1 atom stereocenters. The van der Waals surface area contributed by atoms with Gasteiger partial charge in [-0.3, -0.25) is 9.69 Å². The van der Waals surface area contributed by atoms with Gasteiger partial charge in [0.1, 0.15) is 17.6 Å². The molecule has 2 aliphatic heterocycles. The number of hydrogen-bond acceptors (Lipinski definition) is 4. The molecule has 2 aromatic rings. The number of anilines is 1. The number of hydrogen-bond donors (Lipinski definition) is 1. The van der Waals surface area contributed by atoms with E-state index in [-0.39, 0.29) is 24.0 Å². The summed E-state index contributed by atoms with van der Waals surface area (Å²) >= 11 is 0. The van der Waals surface area contributed by atoms with Crippen LogP contribution < -0.4 is 19.7 Å². The first kappa shape index (κ1) is 21.0. The van der Waals surface area contributed by atoms with Gasteiger partial charge in [-0.05, 0) is 49.6 Å². The fourth-order valence-corrected chi connectivity index (χ4v) is 4.19. The van der Waals surface area contributed by atoms with Gasteiger partial charge in [-0.15, -0.1) is 0 Å². The molecule has 0 aromatic heterocycles. The Labute approximate surface area is 182 Å². The van der Waals surface area contributed by atoms with Crippen molar-refractivity contribution < 1.29 is 19.1 Å². The van der Waals surface area contributed by atoms with E-state index in [1.54, 1.807) is 12.0 Å². The lowest BCUT2D eigenvalue weighted by atomic mass is 9.96. The summed E-state index contributed by atoms with van der Waals surface area (Å²) in [5.74, 6) is 1.48. The summed E-state index contributed by atoms with van der Waals surface area (Å²) in [7, 11) is 1.63. The summed E-state index contributed by atoms with van der Waals surface area (Å²) in [5, 5.41) is 3.02. The number of benzene rings is 2. The zero-order valence-electron chi connectivity index (χ0n) is 18.0. The van der Waals surface area contributed by atoms with Gasteiger partial charge in [0.2, 0.25) is 5.91 Å². The molecule has 31 heavy (non-hydrogen) atoms. The van der Waals surface area contributed by atoms with Crippen molar-refractivity contribution in [3.8, 4) is 11.5 Å². The zero-order valence-corrected chi connectivity index (χ0v) is 18.0. The maximum atomic E-state index is 13.2. The van der Waals surface area contributed by atoms with Crippen molar-refractivity contribution in [1.29, 1.82) is 0 Å². The van der Waals surface area contributed by atoms with Crippen LogP contribution in [0.4, 0.5) is 10.5 Å². The quantitative estimate of drug-likeness (QED) is 0.818. The van der Waals surface area contributed by atoms with Crippen LogP contribution in [0.15, 0.2) is 48.5 Å². The summed E-state index contributed by atoms with van der Waals surface area (Å²) in [4.78, 5) is 29.5. The lowest BCUT2D eigenvalue weighted by molar-refractivity contribution is -0.126. The van der Waals surface area contributed by atoms with E-state index in [9.17, 15) is 9.59 Å². The predicted octanol–water partition coefficient (Wildman–Crippen LogP) is 3.43. The monoisotopic (exact) mass is 423 g/mol. The lowest BCUT2D eigenvalue weighted by Crippen LogP contribution is -2.52. The molecule has 1 N–H and O–H groups in total. The highest BCUT2D eigenvalue weighted by atomic mass is 16.5. The predicted molar refractivity (Wildman–Crippen MR) is 118 cm³/mol. The number of piperidine rings is 1. The normalized spacial score (nSPS) is 18.7. The van der Waals surface area contributed by atoms with Crippen LogP contribution in [0, 0.1) is 5.92 Å². The van der Waals surface area contributed by atoms with Gasteiger partial charge in [0.05, 0.1) is 19.3 Å². The molecule has 1 saturated heterocycles. The van der Waals surface area contributed by atoms with E-state index in [2.05, 4.69) is 5.32 Å². The third-order valence-electron chi connectivity index (χ3n) is 5.89. The van der Waals surface area contributed by atoms with Gasteiger partial charge in [-0.2, -0.15) is 0 Å². The smallest absolute Gasteiger partial charge is 0.324 e. The summed E-state index contributed by atoms with van der Waals surface area (Å²) < 4.78 is 11.1. The molecule has 3 amide bonds. The number of urea groups is 1. The molecule has 0 unspecified atom stereocenters. The van der Waals surface area contributed by atoms with E-state index in [0.29, 0.717) is 39.0 Å². The molecule has 7 nitrogen and oxygen atoms in total. The number of para-hydroxylation sites is 2. The molecule has 0 saturated carbocycles. The number of carbonyl (C=O) groups is 2. The molecular weight excluding hydrogens is 394 g/mol. The number of fused-ring (bicyclic) bond motifs is 1. The molecule has 0 aliphatic carbocycles. The molecule has 2 aliphatic rings. The molecule has 7 heteroatoms. The number of likely N-dealkylation sites (tertiary alicyclic amines) is 1. The molecular formula is C24H29N3O4. The van der Waals surface area contributed by atoms with Gasteiger partial charge < -0.3 is 19.7 Å². The second kappa shape index (κ2) is 9.29. The van der Waals surface area contributed by atoms with Gasteiger partial charge in [0.25, 0.3) is 0 Å². The van der Waals surface area contributed by atoms with Crippen LogP contribution in [0.5, 0.6) is 11.5 Å². The highest BCUT2D eigenvalue weighted by Crippen LogP contribution is 2.34.